The standard InChI is InChI=1S/C18H21NO3S/c1-4-14-22-18(23(20,21)19-15(2)3)12-10-17(11-13-18)16-8-6-5-7-9-16/h1,5-12,15,19H,13-14H2,2-3H3. The van der Waals surface area contributed by atoms with Gasteiger partial charge in [-0.2, -0.15) is 0 Å². The molecule has 122 valence electrons. The smallest absolute Gasteiger partial charge is 0.246 e. The Kier molecular flexibility index (Phi) is 5.42. The van der Waals surface area contributed by atoms with Gasteiger partial charge in [-0.25, -0.2) is 13.1 Å². The van der Waals surface area contributed by atoms with Gasteiger partial charge in [0.25, 0.3) is 0 Å². The average molecular weight is 331 g/mol. The van der Waals surface area contributed by atoms with E-state index in [4.69, 9.17) is 11.2 Å². The molecule has 1 unspecified atom stereocenters. The van der Waals surface area contributed by atoms with E-state index < -0.39 is 15.0 Å². The Morgan fingerprint density at radius 3 is 2.57 bits per heavy atom. The van der Waals surface area contributed by atoms with Crippen molar-refractivity contribution in [1.82, 2.24) is 4.72 Å². The molecule has 1 aliphatic carbocycles. The molecule has 0 saturated carbocycles. The fourth-order valence-electron chi connectivity index (χ4n) is 2.41. The number of ether oxygens (including phenoxy) is 1. The van der Waals surface area contributed by atoms with Gasteiger partial charge in [0.15, 0.2) is 0 Å². The lowest BCUT2D eigenvalue weighted by Gasteiger charge is -2.32. The molecule has 1 aromatic rings. The molecule has 23 heavy (non-hydrogen) atoms. The number of allylic oxidation sites excluding steroid dienone is 2. The molecule has 4 nitrogen and oxygen atoms in total. The number of terminal acetylenes is 1. The van der Waals surface area contributed by atoms with E-state index in [1.165, 1.54) is 0 Å². The number of sulfonamides is 1. The zero-order chi connectivity index (χ0) is 16.9. The Morgan fingerprint density at radius 1 is 1.35 bits per heavy atom. The molecule has 0 saturated heterocycles. The van der Waals surface area contributed by atoms with Crippen LogP contribution >= 0.6 is 0 Å². The van der Waals surface area contributed by atoms with Crippen LogP contribution in [-0.2, 0) is 14.8 Å². The van der Waals surface area contributed by atoms with Gasteiger partial charge in [-0.3, -0.25) is 0 Å². The van der Waals surface area contributed by atoms with Gasteiger partial charge < -0.3 is 4.74 Å². The molecule has 0 heterocycles. The van der Waals surface area contributed by atoms with Gasteiger partial charge in [-0.15, -0.1) is 6.42 Å². The minimum absolute atomic E-state index is 0.0716. The molecule has 0 amide bonds. The lowest BCUT2D eigenvalue weighted by molar-refractivity contribution is 0.0768. The van der Waals surface area contributed by atoms with Crippen LogP contribution in [0.25, 0.3) is 5.57 Å². The molecule has 5 heteroatoms. The molecule has 0 bridgehead atoms. The first-order chi connectivity index (χ1) is 10.9. The number of benzene rings is 1. The zero-order valence-electron chi connectivity index (χ0n) is 13.3. The Labute approximate surface area is 138 Å². The first-order valence-corrected chi connectivity index (χ1v) is 8.92. The first-order valence-electron chi connectivity index (χ1n) is 7.44. The van der Waals surface area contributed by atoms with Crippen LogP contribution in [-0.4, -0.2) is 26.0 Å². The van der Waals surface area contributed by atoms with E-state index in [1.54, 1.807) is 26.0 Å². The van der Waals surface area contributed by atoms with Gasteiger partial charge in [0.1, 0.15) is 6.61 Å². The summed E-state index contributed by atoms with van der Waals surface area (Å²) < 4.78 is 33.5. The Hall–Kier alpha value is -1.87. The van der Waals surface area contributed by atoms with E-state index in [9.17, 15) is 8.42 Å². The molecule has 2 rings (SSSR count). The summed E-state index contributed by atoms with van der Waals surface area (Å²) in [5.74, 6) is 2.34. The highest BCUT2D eigenvalue weighted by Gasteiger charge is 2.43. The van der Waals surface area contributed by atoms with Gasteiger partial charge in [-0.05, 0) is 31.1 Å². The van der Waals surface area contributed by atoms with E-state index in [2.05, 4.69) is 10.6 Å². The fraction of sp³-hybridized carbons (Fsp3) is 0.333. The van der Waals surface area contributed by atoms with Crippen LogP contribution < -0.4 is 4.72 Å². The van der Waals surface area contributed by atoms with Crippen molar-refractivity contribution in [1.29, 1.82) is 0 Å². The number of hydrogen-bond donors (Lipinski definition) is 1. The summed E-state index contributed by atoms with van der Waals surface area (Å²) in [6.07, 6.45) is 10.7. The predicted octanol–water partition coefficient (Wildman–Crippen LogP) is 2.70. The highest BCUT2D eigenvalue weighted by Crippen LogP contribution is 2.33. The molecule has 1 atom stereocenters. The second-order valence-electron chi connectivity index (χ2n) is 5.64. The number of rotatable bonds is 6. The van der Waals surface area contributed by atoms with Crippen molar-refractivity contribution in [3.05, 3.63) is 54.1 Å². The molecular weight excluding hydrogens is 310 g/mol. The summed E-state index contributed by atoms with van der Waals surface area (Å²) in [6.45, 7) is 3.46. The fourth-order valence-corrected chi connectivity index (χ4v) is 3.99. The number of nitrogens with one attached hydrogen (secondary N) is 1. The Bertz CT molecular complexity index is 742. The number of hydrogen-bond acceptors (Lipinski definition) is 3. The van der Waals surface area contributed by atoms with Crippen LogP contribution in [0.1, 0.15) is 25.8 Å². The molecule has 0 radical (unpaired) electrons. The van der Waals surface area contributed by atoms with Crippen molar-refractivity contribution in [3.63, 3.8) is 0 Å². The maximum Gasteiger partial charge on any atom is 0.246 e. The van der Waals surface area contributed by atoms with E-state index in [-0.39, 0.29) is 19.1 Å². The van der Waals surface area contributed by atoms with E-state index in [1.807, 2.05) is 36.4 Å². The Morgan fingerprint density at radius 2 is 2.04 bits per heavy atom. The largest absolute Gasteiger partial charge is 0.341 e. The van der Waals surface area contributed by atoms with Crippen LogP contribution in [0.5, 0.6) is 0 Å². The summed E-state index contributed by atoms with van der Waals surface area (Å²) in [4.78, 5) is -1.47. The van der Waals surface area contributed by atoms with E-state index in [0.717, 1.165) is 11.1 Å². The summed E-state index contributed by atoms with van der Waals surface area (Å²) >= 11 is 0. The van der Waals surface area contributed by atoms with Crippen molar-refractivity contribution >= 4 is 15.6 Å². The highest BCUT2D eigenvalue weighted by molar-refractivity contribution is 7.90. The minimum atomic E-state index is -3.72. The van der Waals surface area contributed by atoms with Crippen molar-refractivity contribution in [2.45, 2.75) is 31.2 Å². The molecule has 0 aromatic heterocycles. The third kappa shape index (κ3) is 3.91. The highest BCUT2D eigenvalue weighted by atomic mass is 32.2. The second kappa shape index (κ2) is 7.14. The second-order valence-corrected chi connectivity index (χ2v) is 7.58. The van der Waals surface area contributed by atoms with Gasteiger partial charge in [0, 0.05) is 12.5 Å². The van der Waals surface area contributed by atoms with Crippen LogP contribution in [0.4, 0.5) is 0 Å². The summed E-state index contributed by atoms with van der Waals surface area (Å²) in [6, 6.07) is 9.56. The molecule has 0 aliphatic heterocycles. The molecule has 0 spiro atoms. The van der Waals surface area contributed by atoms with Crippen molar-refractivity contribution in [2.75, 3.05) is 6.61 Å². The third-order valence-electron chi connectivity index (χ3n) is 3.48. The SMILES string of the molecule is C#CCOC1(S(=O)(=O)NC(C)C)C=CC(c2ccccc2)=CC1. The summed E-state index contributed by atoms with van der Waals surface area (Å²) in [5.41, 5.74) is 1.99. The summed E-state index contributed by atoms with van der Waals surface area (Å²) in [7, 11) is -3.72. The van der Waals surface area contributed by atoms with Crippen LogP contribution in [0.15, 0.2) is 48.6 Å². The van der Waals surface area contributed by atoms with Crippen molar-refractivity contribution in [3.8, 4) is 12.3 Å². The van der Waals surface area contributed by atoms with Crippen molar-refractivity contribution in [2.24, 2.45) is 0 Å². The van der Waals surface area contributed by atoms with E-state index in [0.29, 0.717) is 0 Å². The lowest BCUT2D eigenvalue weighted by Crippen LogP contribution is -2.49. The zero-order valence-corrected chi connectivity index (χ0v) is 14.1. The quantitative estimate of drug-likeness (QED) is 0.816. The van der Waals surface area contributed by atoms with Crippen LogP contribution in [0, 0.1) is 12.3 Å². The van der Waals surface area contributed by atoms with E-state index >= 15 is 0 Å². The molecular formula is C18H21NO3S. The summed E-state index contributed by atoms with van der Waals surface area (Å²) in [5, 5.41) is 0. The van der Waals surface area contributed by atoms with Gasteiger partial charge in [0.05, 0.1) is 0 Å². The van der Waals surface area contributed by atoms with Gasteiger partial charge in [0.2, 0.25) is 15.0 Å². The Balaban J connectivity index is 2.32. The predicted molar refractivity (Wildman–Crippen MR) is 92.9 cm³/mol. The monoisotopic (exact) mass is 331 g/mol. The maximum absolute atomic E-state index is 12.7. The van der Waals surface area contributed by atoms with Gasteiger partial charge in [-0.1, -0.05) is 48.4 Å². The average Bonchev–Trinajstić information content (AvgIpc) is 2.53. The van der Waals surface area contributed by atoms with Gasteiger partial charge >= 0.3 is 0 Å². The first kappa shape index (κ1) is 17.5. The molecule has 1 aromatic carbocycles. The normalized spacial score (nSPS) is 21.0. The van der Waals surface area contributed by atoms with Crippen molar-refractivity contribution < 1.29 is 13.2 Å². The minimum Gasteiger partial charge on any atom is -0.341 e. The topological polar surface area (TPSA) is 55.4 Å². The van der Waals surface area contributed by atoms with Crippen LogP contribution in [0.3, 0.4) is 0 Å². The molecule has 0 fully saturated rings. The third-order valence-corrected chi connectivity index (χ3v) is 5.59. The van der Waals surface area contributed by atoms with Crippen LogP contribution in [0.2, 0.25) is 0 Å². The maximum atomic E-state index is 12.7. The molecule has 1 N–H and O–H groups in total. The lowest BCUT2D eigenvalue weighted by atomic mass is 9.98. The molecule has 1 aliphatic rings.